The number of amides is 1. The topological polar surface area (TPSA) is 73.6 Å². The van der Waals surface area contributed by atoms with Crippen LogP contribution in [0, 0.1) is 5.82 Å². The Morgan fingerprint density at radius 3 is 2.86 bits per heavy atom. The van der Waals surface area contributed by atoms with Gasteiger partial charge in [-0.2, -0.15) is 11.8 Å². The molecule has 5 nitrogen and oxygen atoms in total. The molecule has 1 amide bonds. The van der Waals surface area contributed by atoms with Gasteiger partial charge in [-0.05, 0) is 30.6 Å². The Labute approximate surface area is 128 Å². The fourth-order valence-electron chi connectivity index (χ4n) is 1.54. The fourth-order valence-corrected chi connectivity index (χ4v) is 2.03. The maximum absolute atomic E-state index is 13.8. The first-order valence-electron chi connectivity index (χ1n) is 6.55. The van der Waals surface area contributed by atoms with Crippen molar-refractivity contribution in [3.8, 4) is 5.75 Å². The summed E-state index contributed by atoms with van der Waals surface area (Å²) in [6.45, 7) is 0.640. The number of anilines is 1. The van der Waals surface area contributed by atoms with Crippen LogP contribution in [0.4, 0.5) is 10.1 Å². The molecule has 0 spiro atoms. The largest absolute Gasteiger partial charge is 0.488 e. The number of hydrogen-bond donors (Lipinski definition) is 2. The third-order valence-corrected chi connectivity index (χ3v) is 3.36. The first-order chi connectivity index (χ1) is 10.1. The highest BCUT2D eigenvalue weighted by atomic mass is 32.2. The van der Waals surface area contributed by atoms with Crippen LogP contribution in [-0.2, 0) is 9.53 Å². The average Bonchev–Trinajstić information content (AvgIpc) is 2.47. The van der Waals surface area contributed by atoms with Gasteiger partial charge >= 0.3 is 0 Å². The number of nitrogens with one attached hydrogen (secondary N) is 1. The van der Waals surface area contributed by atoms with Gasteiger partial charge in [0.15, 0.2) is 11.6 Å². The average molecular weight is 316 g/mol. The van der Waals surface area contributed by atoms with Gasteiger partial charge in [0.25, 0.3) is 0 Å². The SMILES string of the molecule is COCCOc1ccc(NC(=O)[C@@H](N)CCSC)cc1F. The van der Waals surface area contributed by atoms with Crippen molar-refractivity contribution in [2.75, 3.05) is 37.6 Å². The van der Waals surface area contributed by atoms with Crippen LogP contribution in [0.3, 0.4) is 0 Å². The number of thioether (sulfide) groups is 1. The minimum atomic E-state index is -0.599. The molecule has 0 aliphatic rings. The van der Waals surface area contributed by atoms with E-state index in [-0.39, 0.29) is 18.3 Å². The fraction of sp³-hybridized carbons (Fsp3) is 0.500. The Morgan fingerprint density at radius 2 is 2.24 bits per heavy atom. The van der Waals surface area contributed by atoms with Crippen LogP contribution in [-0.4, -0.2) is 44.3 Å². The summed E-state index contributed by atoms with van der Waals surface area (Å²) in [4.78, 5) is 11.8. The first-order valence-corrected chi connectivity index (χ1v) is 7.94. The van der Waals surface area contributed by atoms with Crippen LogP contribution < -0.4 is 15.8 Å². The lowest BCUT2D eigenvalue weighted by molar-refractivity contribution is -0.117. The standard InChI is InChI=1S/C14H21FN2O3S/c1-19-6-7-20-13-4-3-10(9-11(13)15)17-14(18)12(16)5-8-21-2/h3-4,9,12H,5-8,16H2,1-2H3,(H,17,18)/t12-/m0/s1. The monoisotopic (exact) mass is 316 g/mol. The molecule has 0 heterocycles. The van der Waals surface area contributed by atoms with Crippen molar-refractivity contribution >= 4 is 23.4 Å². The van der Waals surface area contributed by atoms with Gasteiger partial charge in [-0.1, -0.05) is 0 Å². The number of carbonyl (C=O) groups is 1. The van der Waals surface area contributed by atoms with Gasteiger partial charge in [0, 0.05) is 18.9 Å². The van der Waals surface area contributed by atoms with E-state index in [1.807, 2.05) is 6.26 Å². The number of hydrogen-bond acceptors (Lipinski definition) is 5. The van der Waals surface area contributed by atoms with E-state index in [1.54, 1.807) is 24.9 Å². The first kappa shape index (κ1) is 17.7. The summed E-state index contributed by atoms with van der Waals surface area (Å²) in [5, 5.41) is 2.59. The zero-order chi connectivity index (χ0) is 15.7. The number of benzene rings is 1. The molecule has 7 heteroatoms. The molecule has 0 fully saturated rings. The Bertz CT molecular complexity index is 460. The van der Waals surface area contributed by atoms with Crippen LogP contribution in [0.1, 0.15) is 6.42 Å². The molecular weight excluding hydrogens is 295 g/mol. The van der Waals surface area contributed by atoms with Crippen molar-refractivity contribution in [2.24, 2.45) is 5.73 Å². The number of halogens is 1. The molecular formula is C14H21FN2O3S. The van der Waals surface area contributed by atoms with E-state index in [0.717, 1.165) is 5.75 Å². The molecule has 118 valence electrons. The predicted molar refractivity (Wildman–Crippen MR) is 83.4 cm³/mol. The number of methoxy groups -OCH3 is 1. The molecule has 1 aromatic carbocycles. The molecule has 0 saturated carbocycles. The lowest BCUT2D eigenvalue weighted by Crippen LogP contribution is -2.36. The molecule has 3 N–H and O–H groups in total. The van der Waals surface area contributed by atoms with Crippen molar-refractivity contribution in [1.82, 2.24) is 0 Å². The van der Waals surface area contributed by atoms with E-state index in [2.05, 4.69) is 5.32 Å². The Morgan fingerprint density at radius 1 is 1.48 bits per heavy atom. The smallest absolute Gasteiger partial charge is 0.241 e. The number of rotatable bonds is 9. The molecule has 1 aromatic rings. The van der Waals surface area contributed by atoms with Crippen molar-refractivity contribution in [1.29, 1.82) is 0 Å². The van der Waals surface area contributed by atoms with Gasteiger partial charge in [-0.25, -0.2) is 4.39 Å². The third kappa shape index (κ3) is 6.33. The molecule has 0 unspecified atom stereocenters. The maximum Gasteiger partial charge on any atom is 0.241 e. The molecule has 21 heavy (non-hydrogen) atoms. The van der Waals surface area contributed by atoms with Crippen molar-refractivity contribution in [2.45, 2.75) is 12.5 Å². The maximum atomic E-state index is 13.8. The van der Waals surface area contributed by atoms with E-state index >= 15 is 0 Å². The Hall–Kier alpha value is -1.31. The Kier molecular flexibility index (Phi) is 8.11. The van der Waals surface area contributed by atoms with E-state index in [1.165, 1.54) is 12.1 Å². The van der Waals surface area contributed by atoms with Crippen molar-refractivity contribution < 1.29 is 18.7 Å². The molecule has 0 radical (unpaired) electrons. The summed E-state index contributed by atoms with van der Waals surface area (Å²) in [5.41, 5.74) is 6.10. The van der Waals surface area contributed by atoms with Gasteiger partial charge in [0.05, 0.1) is 12.6 Å². The molecule has 0 aliphatic heterocycles. The minimum Gasteiger partial charge on any atom is -0.488 e. The van der Waals surface area contributed by atoms with Gasteiger partial charge in [0.1, 0.15) is 6.61 Å². The number of nitrogens with two attached hydrogens (primary N) is 1. The van der Waals surface area contributed by atoms with Crippen LogP contribution in [0.25, 0.3) is 0 Å². The minimum absolute atomic E-state index is 0.122. The highest BCUT2D eigenvalue weighted by Crippen LogP contribution is 2.21. The second-order valence-electron chi connectivity index (χ2n) is 4.36. The zero-order valence-corrected chi connectivity index (χ0v) is 13.0. The van der Waals surface area contributed by atoms with Gasteiger partial charge < -0.3 is 20.5 Å². The van der Waals surface area contributed by atoms with Crippen LogP contribution >= 0.6 is 11.8 Å². The molecule has 1 rings (SSSR count). The quantitative estimate of drug-likeness (QED) is 0.680. The second-order valence-corrected chi connectivity index (χ2v) is 5.35. The highest BCUT2D eigenvalue weighted by Gasteiger charge is 2.14. The van der Waals surface area contributed by atoms with Gasteiger partial charge in [-0.3, -0.25) is 4.79 Å². The lowest BCUT2D eigenvalue weighted by Gasteiger charge is -2.13. The third-order valence-electron chi connectivity index (χ3n) is 2.71. The van der Waals surface area contributed by atoms with E-state index in [4.69, 9.17) is 15.2 Å². The van der Waals surface area contributed by atoms with Crippen LogP contribution in [0.5, 0.6) is 5.75 Å². The molecule has 0 aliphatic carbocycles. The molecule has 0 aromatic heterocycles. The zero-order valence-electron chi connectivity index (χ0n) is 12.2. The normalized spacial score (nSPS) is 12.0. The second kappa shape index (κ2) is 9.59. The number of carbonyl (C=O) groups excluding carboxylic acids is 1. The summed E-state index contributed by atoms with van der Waals surface area (Å²) < 4.78 is 23.8. The summed E-state index contributed by atoms with van der Waals surface area (Å²) in [6.07, 6.45) is 2.52. The van der Waals surface area contributed by atoms with Gasteiger partial charge in [-0.15, -0.1) is 0 Å². The lowest BCUT2D eigenvalue weighted by atomic mass is 10.2. The summed E-state index contributed by atoms with van der Waals surface area (Å²) >= 11 is 1.62. The Balaban J connectivity index is 2.56. The summed E-state index contributed by atoms with van der Waals surface area (Å²) in [5.74, 6) is 0.0599. The van der Waals surface area contributed by atoms with E-state index in [0.29, 0.717) is 18.7 Å². The molecule has 1 atom stereocenters. The van der Waals surface area contributed by atoms with Crippen LogP contribution in [0.2, 0.25) is 0 Å². The molecule has 0 saturated heterocycles. The van der Waals surface area contributed by atoms with Crippen LogP contribution in [0.15, 0.2) is 18.2 Å². The van der Waals surface area contributed by atoms with Gasteiger partial charge in [0.2, 0.25) is 5.91 Å². The van der Waals surface area contributed by atoms with Crippen molar-refractivity contribution in [3.63, 3.8) is 0 Å². The number of ether oxygens (including phenoxy) is 2. The summed E-state index contributed by atoms with van der Waals surface area (Å²) in [7, 11) is 1.54. The van der Waals surface area contributed by atoms with E-state index < -0.39 is 11.9 Å². The summed E-state index contributed by atoms with van der Waals surface area (Å²) in [6, 6.07) is 3.65. The molecule has 0 bridgehead atoms. The predicted octanol–water partition coefficient (Wildman–Crippen LogP) is 1.87. The van der Waals surface area contributed by atoms with E-state index in [9.17, 15) is 9.18 Å². The van der Waals surface area contributed by atoms with Crippen molar-refractivity contribution in [3.05, 3.63) is 24.0 Å². The highest BCUT2D eigenvalue weighted by molar-refractivity contribution is 7.98.